The molecule has 0 aliphatic heterocycles. The van der Waals surface area contributed by atoms with E-state index in [1.807, 2.05) is 26.1 Å². The van der Waals surface area contributed by atoms with E-state index in [9.17, 15) is 0 Å². The van der Waals surface area contributed by atoms with Crippen LogP contribution in [0.25, 0.3) is 0 Å². The minimum absolute atomic E-state index is 0.143. The Morgan fingerprint density at radius 3 is 2.00 bits per heavy atom. The minimum Gasteiger partial charge on any atom is -0.494 e. The van der Waals surface area contributed by atoms with E-state index >= 15 is 0 Å². The van der Waals surface area contributed by atoms with Crippen molar-refractivity contribution in [2.75, 3.05) is 24.7 Å². The first-order valence-electron chi connectivity index (χ1n) is 9.40. The number of hydrogen-bond donors (Lipinski definition) is 2. The van der Waals surface area contributed by atoms with E-state index in [0.29, 0.717) is 6.61 Å². The molecule has 0 aromatic heterocycles. The van der Waals surface area contributed by atoms with Crippen molar-refractivity contribution >= 4 is 11.4 Å². The number of ether oxygens (including phenoxy) is 1. The molecule has 3 aromatic rings. The van der Waals surface area contributed by atoms with Crippen LogP contribution in [0.5, 0.6) is 5.75 Å². The van der Waals surface area contributed by atoms with Gasteiger partial charge in [-0.15, -0.1) is 0 Å². The fourth-order valence-electron chi connectivity index (χ4n) is 3.58. The minimum atomic E-state index is 0.143. The lowest BCUT2D eigenvalue weighted by Gasteiger charge is -2.21. The Labute approximate surface area is 162 Å². The van der Waals surface area contributed by atoms with E-state index < -0.39 is 0 Å². The summed E-state index contributed by atoms with van der Waals surface area (Å²) >= 11 is 0. The average molecular weight is 361 g/mol. The van der Waals surface area contributed by atoms with Crippen LogP contribution in [0.15, 0.2) is 60.7 Å². The van der Waals surface area contributed by atoms with Crippen LogP contribution in [0, 0.1) is 13.8 Å². The lowest BCUT2D eigenvalue weighted by Crippen LogP contribution is -2.06. The molecule has 0 saturated carbocycles. The Kier molecular flexibility index (Phi) is 5.70. The zero-order chi connectivity index (χ0) is 19.4. The normalized spacial score (nSPS) is 11.9. The number of nitrogens with one attached hydrogen (secondary N) is 1. The molecule has 0 radical (unpaired) electrons. The molecule has 0 saturated heterocycles. The Balaban J connectivity index is 2.12. The van der Waals surface area contributed by atoms with E-state index in [2.05, 4.69) is 67.7 Å². The molecule has 1 atom stereocenters. The van der Waals surface area contributed by atoms with Gasteiger partial charge >= 0.3 is 0 Å². The molecule has 3 N–H and O–H groups in total. The van der Waals surface area contributed by atoms with Crippen LogP contribution in [0.3, 0.4) is 0 Å². The molecule has 0 heterocycles. The third-order valence-corrected chi connectivity index (χ3v) is 4.96. The summed E-state index contributed by atoms with van der Waals surface area (Å²) in [6.07, 6.45) is 0. The summed E-state index contributed by atoms with van der Waals surface area (Å²) in [6, 6.07) is 21.3. The zero-order valence-electron chi connectivity index (χ0n) is 16.5. The largest absolute Gasteiger partial charge is 0.494 e. The van der Waals surface area contributed by atoms with Crippen LogP contribution in [-0.2, 0) is 0 Å². The van der Waals surface area contributed by atoms with Gasteiger partial charge in [0.15, 0.2) is 0 Å². The Morgan fingerprint density at radius 1 is 0.852 bits per heavy atom. The van der Waals surface area contributed by atoms with E-state index in [1.165, 1.54) is 22.3 Å². The highest BCUT2D eigenvalue weighted by Crippen LogP contribution is 2.36. The van der Waals surface area contributed by atoms with Crippen LogP contribution in [0.4, 0.5) is 11.4 Å². The van der Waals surface area contributed by atoms with Crippen LogP contribution >= 0.6 is 0 Å². The summed E-state index contributed by atoms with van der Waals surface area (Å²) < 4.78 is 5.72. The van der Waals surface area contributed by atoms with Crippen molar-refractivity contribution in [3.63, 3.8) is 0 Å². The zero-order valence-corrected chi connectivity index (χ0v) is 16.5. The lowest BCUT2D eigenvalue weighted by atomic mass is 9.83. The second kappa shape index (κ2) is 8.17. The van der Waals surface area contributed by atoms with Gasteiger partial charge in [-0.05, 0) is 72.9 Å². The van der Waals surface area contributed by atoms with Crippen LogP contribution in [0.1, 0.15) is 40.7 Å². The van der Waals surface area contributed by atoms with Crippen LogP contribution in [0.2, 0.25) is 0 Å². The van der Waals surface area contributed by atoms with Gasteiger partial charge in [0.25, 0.3) is 0 Å². The molecule has 3 aromatic carbocycles. The summed E-state index contributed by atoms with van der Waals surface area (Å²) in [6.45, 7) is 6.92. The van der Waals surface area contributed by atoms with Gasteiger partial charge in [-0.3, -0.25) is 0 Å². The smallest absolute Gasteiger partial charge is 0.122 e. The van der Waals surface area contributed by atoms with Crippen molar-refractivity contribution in [2.45, 2.75) is 26.7 Å². The van der Waals surface area contributed by atoms with Crippen molar-refractivity contribution < 1.29 is 4.74 Å². The maximum atomic E-state index is 5.92. The molecule has 0 spiro atoms. The van der Waals surface area contributed by atoms with Crippen molar-refractivity contribution in [2.24, 2.45) is 0 Å². The number of hydrogen-bond acceptors (Lipinski definition) is 3. The topological polar surface area (TPSA) is 47.3 Å². The van der Waals surface area contributed by atoms with Crippen molar-refractivity contribution in [1.82, 2.24) is 0 Å². The molecule has 3 nitrogen and oxygen atoms in total. The predicted octanol–water partition coefficient (Wildman–Crippen LogP) is 5.51. The highest BCUT2D eigenvalue weighted by atomic mass is 16.5. The van der Waals surface area contributed by atoms with Gasteiger partial charge in [0.2, 0.25) is 0 Å². The first-order valence-corrected chi connectivity index (χ1v) is 9.40. The Bertz CT molecular complexity index is 916. The number of rotatable bonds is 6. The molecule has 0 aliphatic rings. The second-order valence-electron chi connectivity index (χ2n) is 6.88. The molecule has 3 heteroatoms. The summed E-state index contributed by atoms with van der Waals surface area (Å²) in [5, 5.41) is 3.25. The predicted molar refractivity (Wildman–Crippen MR) is 115 cm³/mol. The highest BCUT2D eigenvalue weighted by molar-refractivity contribution is 5.56. The number of benzene rings is 3. The molecule has 0 amide bonds. The summed E-state index contributed by atoms with van der Waals surface area (Å²) in [7, 11) is 1.95. The van der Waals surface area contributed by atoms with Crippen molar-refractivity contribution in [3.05, 3.63) is 88.5 Å². The average Bonchev–Trinajstić information content (AvgIpc) is 2.66. The van der Waals surface area contributed by atoms with Gasteiger partial charge in [-0.2, -0.15) is 0 Å². The number of nitrogen functional groups attached to an aromatic ring is 1. The van der Waals surface area contributed by atoms with Crippen LogP contribution in [-0.4, -0.2) is 13.7 Å². The standard InChI is InChI=1S/C24H28N2O/c1-5-27-23-13-9-20(15-17(23)3)24(18-6-10-21(25)11-7-18)19-8-12-22(26-4)16(2)14-19/h6-15,24,26H,5,25H2,1-4H3. The van der Waals surface area contributed by atoms with Gasteiger partial charge in [0, 0.05) is 24.3 Å². The molecule has 0 aliphatic carbocycles. The van der Waals surface area contributed by atoms with Crippen molar-refractivity contribution in [3.8, 4) is 5.75 Å². The highest BCUT2D eigenvalue weighted by Gasteiger charge is 2.18. The quantitative estimate of drug-likeness (QED) is 0.450. The Morgan fingerprint density at radius 2 is 1.44 bits per heavy atom. The molecular formula is C24H28N2O. The molecule has 0 bridgehead atoms. The van der Waals surface area contributed by atoms with E-state index in [0.717, 1.165) is 22.7 Å². The maximum Gasteiger partial charge on any atom is 0.122 e. The summed E-state index contributed by atoms with van der Waals surface area (Å²) in [4.78, 5) is 0. The summed E-state index contributed by atoms with van der Waals surface area (Å²) in [5.41, 5.74) is 14.0. The maximum absolute atomic E-state index is 5.92. The third-order valence-electron chi connectivity index (χ3n) is 4.96. The second-order valence-corrected chi connectivity index (χ2v) is 6.88. The number of nitrogens with two attached hydrogens (primary N) is 1. The fourth-order valence-corrected chi connectivity index (χ4v) is 3.58. The van der Waals surface area contributed by atoms with E-state index in [4.69, 9.17) is 10.5 Å². The Hall–Kier alpha value is -2.94. The monoisotopic (exact) mass is 360 g/mol. The number of anilines is 2. The third kappa shape index (κ3) is 4.08. The molecule has 3 rings (SSSR count). The molecule has 1 unspecified atom stereocenters. The molecule has 27 heavy (non-hydrogen) atoms. The fraction of sp³-hybridized carbons (Fsp3) is 0.250. The van der Waals surface area contributed by atoms with Gasteiger partial charge in [-0.25, -0.2) is 0 Å². The van der Waals surface area contributed by atoms with Crippen molar-refractivity contribution in [1.29, 1.82) is 0 Å². The first-order chi connectivity index (χ1) is 13.0. The van der Waals surface area contributed by atoms with Gasteiger partial charge < -0.3 is 15.8 Å². The van der Waals surface area contributed by atoms with Gasteiger partial charge in [-0.1, -0.05) is 36.4 Å². The van der Waals surface area contributed by atoms with Gasteiger partial charge in [0.05, 0.1) is 6.61 Å². The molecule has 140 valence electrons. The molecule has 0 fully saturated rings. The van der Waals surface area contributed by atoms with E-state index in [1.54, 1.807) is 0 Å². The SMILES string of the molecule is CCOc1ccc(C(c2ccc(N)cc2)c2ccc(NC)c(C)c2)cc1C. The van der Waals surface area contributed by atoms with E-state index in [-0.39, 0.29) is 5.92 Å². The van der Waals surface area contributed by atoms with Crippen LogP contribution < -0.4 is 15.8 Å². The lowest BCUT2D eigenvalue weighted by molar-refractivity contribution is 0.338. The number of aryl methyl sites for hydroxylation is 2. The molecular weight excluding hydrogens is 332 g/mol. The summed E-state index contributed by atoms with van der Waals surface area (Å²) in [5.74, 6) is 1.09. The first kappa shape index (κ1) is 18.8. The van der Waals surface area contributed by atoms with Gasteiger partial charge in [0.1, 0.15) is 5.75 Å².